The lowest BCUT2D eigenvalue weighted by Crippen LogP contribution is -2.40. The van der Waals surface area contributed by atoms with Crippen molar-refractivity contribution in [1.82, 2.24) is 9.88 Å². The maximum absolute atomic E-state index is 12.6. The third-order valence-electron chi connectivity index (χ3n) is 5.24. The van der Waals surface area contributed by atoms with Crippen molar-refractivity contribution in [2.45, 2.75) is 18.9 Å². The quantitative estimate of drug-likeness (QED) is 0.520. The molecule has 1 saturated heterocycles. The number of pyridine rings is 1. The number of ketones is 1. The molecule has 2 heterocycles. The summed E-state index contributed by atoms with van der Waals surface area (Å²) in [6, 6.07) is 17.1. The van der Waals surface area contributed by atoms with Crippen molar-refractivity contribution in [3.05, 3.63) is 83.6 Å². The van der Waals surface area contributed by atoms with Gasteiger partial charge in [0.15, 0.2) is 5.78 Å². The fourth-order valence-electron chi connectivity index (χ4n) is 3.64. The first kappa shape index (κ1) is 19.5. The molecule has 1 N–H and O–H groups in total. The van der Waals surface area contributed by atoms with Crippen molar-refractivity contribution in [1.29, 1.82) is 0 Å². The Labute approximate surface area is 173 Å². The van der Waals surface area contributed by atoms with Crippen molar-refractivity contribution in [2.24, 2.45) is 0 Å². The van der Waals surface area contributed by atoms with Crippen LogP contribution >= 0.6 is 0 Å². The molecule has 0 bridgehead atoms. The first-order chi connectivity index (χ1) is 14.5. The number of benzene rings is 2. The van der Waals surface area contributed by atoms with Crippen LogP contribution in [0, 0.1) is 0 Å². The number of nitrogens with zero attached hydrogens (tertiary/aromatic N) is 2. The summed E-state index contributed by atoms with van der Waals surface area (Å²) in [5.41, 5.74) is 2.36. The van der Waals surface area contributed by atoms with Crippen LogP contribution in [0.25, 0.3) is 17.0 Å². The summed E-state index contributed by atoms with van der Waals surface area (Å²) in [6.45, 7) is 0.429. The van der Waals surface area contributed by atoms with E-state index in [-0.39, 0.29) is 11.7 Å². The van der Waals surface area contributed by atoms with Gasteiger partial charge in [-0.2, -0.15) is 0 Å². The van der Waals surface area contributed by atoms with E-state index in [2.05, 4.69) is 4.98 Å². The Balaban J connectivity index is 1.46. The van der Waals surface area contributed by atoms with E-state index >= 15 is 0 Å². The van der Waals surface area contributed by atoms with E-state index in [1.54, 1.807) is 30.3 Å². The molecule has 6 heteroatoms. The van der Waals surface area contributed by atoms with Gasteiger partial charge in [-0.15, -0.1) is 0 Å². The zero-order valence-electron chi connectivity index (χ0n) is 16.2. The minimum absolute atomic E-state index is 0.200. The average molecular weight is 400 g/mol. The number of hydrogen-bond acceptors (Lipinski definition) is 4. The Morgan fingerprint density at radius 3 is 2.47 bits per heavy atom. The highest BCUT2D eigenvalue weighted by atomic mass is 16.4. The standard InChI is InChI=1S/C24H20N2O4/c27-22(14-13-19-12-11-16-4-1-2-5-20(16)25-19)17-7-9-18(10-8-17)23(28)26-15-3-6-21(26)24(29)30/h1-2,4-5,7-14,21H,3,6,15H2,(H,29,30). The number of aromatic nitrogens is 1. The highest BCUT2D eigenvalue weighted by molar-refractivity contribution is 6.07. The number of likely N-dealkylation sites (tertiary alicyclic amines) is 1. The van der Waals surface area contributed by atoms with Crippen LogP contribution < -0.4 is 0 Å². The number of carbonyl (C=O) groups is 3. The minimum Gasteiger partial charge on any atom is -0.480 e. The Kier molecular flexibility index (Phi) is 5.39. The highest BCUT2D eigenvalue weighted by Gasteiger charge is 2.34. The molecule has 1 amide bonds. The predicted octanol–water partition coefficient (Wildman–Crippen LogP) is 3.82. The highest BCUT2D eigenvalue weighted by Crippen LogP contribution is 2.21. The molecular formula is C24H20N2O4. The number of carbonyl (C=O) groups excluding carboxylic acids is 2. The first-order valence-corrected chi connectivity index (χ1v) is 9.75. The van der Waals surface area contributed by atoms with Crippen molar-refractivity contribution < 1.29 is 19.5 Å². The van der Waals surface area contributed by atoms with E-state index in [1.165, 1.54) is 11.0 Å². The lowest BCUT2D eigenvalue weighted by atomic mass is 10.1. The van der Waals surface area contributed by atoms with Gasteiger partial charge in [-0.25, -0.2) is 9.78 Å². The lowest BCUT2D eigenvalue weighted by molar-refractivity contribution is -0.141. The van der Waals surface area contributed by atoms with Gasteiger partial charge in [0.05, 0.1) is 11.2 Å². The Bertz CT molecular complexity index is 1150. The smallest absolute Gasteiger partial charge is 0.326 e. The van der Waals surface area contributed by atoms with E-state index in [0.717, 1.165) is 10.9 Å². The van der Waals surface area contributed by atoms with Gasteiger partial charge in [0.25, 0.3) is 5.91 Å². The Hall–Kier alpha value is -3.80. The molecule has 0 radical (unpaired) electrons. The van der Waals surface area contributed by atoms with Crippen LogP contribution in [0.5, 0.6) is 0 Å². The Morgan fingerprint density at radius 2 is 1.70 bits per heavy atom. The van der Waals surface area contributed by atoms with Gasteiger partial charge in [0.1, 0.15) is 6.04 Å². The summed E-state index contributed by atoms with van der Waals surface area (Å²) in [5, 5.41) is 10.3. The molecule has 1 fully saturated rings. The lowest BCUT2D eigenvalue weighted by Gasteiger charge is -2.21. The number of carboxylic acid groups (broad SMARTS) is 1. The molecule has 1 atom stereocenters. The molecule has 6 nitrogen and oxygen atoms in total. The van der Waals surface area contributed by atoms with E-state index in [4.69, 9.17) is 0 Å². The van der Waals surface area contributed by atoms with Crippen LogP contribution in [0.15, 0.2) is 66.7 Å². The second-order valence-corrected chi connectivity index (χ2v) is 7.20. The molecule has 2 aromatic carbocycles. The van der Waals surface area contributed by atoms with Crippen molar-refractivity contribution in [3.63, 3.8) is 0 Å². The van der Waals surface area contributed by atoms with Crippen LogP contribution in [0.2, 0.25) is 0 Å². The molecule has 1 unspecified atom stereocenters. The summed E-state index contributed by atoms with van der Waals surface area (Å²) in [4.78, 5) is 42.3. The molecule has 4 rings (SSSR count). The fraction of sp³-hybridized carbons (Fsp3) is 0.167. The van der Waals surface area contributed by atoms with Crippen LogP contribution in [-0.4, -0.2) is 45.2 Å². The molecule has 1 aliphatic heterocycles. The summed E-state index contributed by atoms with van der Waals surface area (Å²) in [5.74, 6) is -1.51. The van der Waals surface area contributed by atoms with Crippen molar-refractivity contribution in [3.8, 4) is 0 Å². The van der Waals surface area contributed by atoms with Crippen LogP contribution in [0.1, 0.15) is 39.3 Å². The fourth-order valence-corrected chi connectivity index (χ4v) is 3.64. The SMILES string of the molecule is O=C(C=Cc1ccc2ccccc2n1)c1ccc(C(=O)N2CCCC2C(=O)O)cc1. The second-order valence-electron chi connectivity index (χ2n) is 7.20. The normalized spacial score (nSPS) is 16.3. The molecule has 3 aromatic rings. The van der Waals surface area contributed by atoms with Crippen LogP contribution in [0.4, 0.5) is 0 Å². The first-order valence-electron chi connectivity index (χ1n) is 9.75. The van der Waals surface area contributed by atoms with E-state index in [9.17, 15) is 19.5 Å². The molecule has 150 valence electrons. The van der Waals surface area contributed by atoms with E-state index < -0.39 is 12.0 Å². The third kappa shape index (κ3) is 3.98. The number of para-hydroxylation sites is 1. The van der Waals surface area contributed by atoms with Crippen molar-refractivity contribution in [2.75, 3.05) is 6.54 Å². The van der Waals surface area contributed by atoms with Gasteiger partial charge in [-0.05, 0) is 49.3 Å². The number of aliphatic carboxylic acids is 1. The number of rotatable bonds is 5. The number of carboxylic acids is 1. The van der Waals surface area contributed by atoms with Gasteiger partial charge in [-0.3, -0.25) is 9.59 Å². The number of amides is 1. The molecular weight excluding hydrogens is 380 g/mol. The molecule has 1 aromatic heterocycles. The monoisotopic (exact) mass is 400 g/mol. The summed E-state index contributed by atoms with van der Waals surface area (Å²) in [6.07, 6.45) is 4.25. The maximum Gasteiger partial charge on any atom is 0.326 e. The number of hydrogen-bond donors (Lipinski definition) is 1. The van der Waals surface area contributed by atoms with Crippen LogP contribution in [0.3, 0.4) is 0 Å². The van der Waals surface area contributed by atoms with E-state index in [0.29, 0.717) is 36.2 Å². The van der Waals surface area contributed by atoms with Gasteiger partial charge in [0.2, 0.25) is 0 Å². The molecule has 1 aliphatic rings. The predicted molar refractivity (Wildman–Crippen MR) is 113 cm³/mol. The molecule has 0 saturated carbocycles. The summed E-state index contributed by atoms with van der Waals surface area (Å²) >= 11 is 0. The zero-order valence-corrected chi connectivity index (χ0v) is 16.2. The van der Waals surface area contributed by atoms with Gasteiger partial charge >= 0.3 is 5.97 Å². The van der Waals surface area contributed by atoms with E-state index in [1.807, 2.05) is 36.4 Å². The molecule has 30 heavy (non-hydrogen) atoms. The number of fused-ring (bicyclic) bond motifs is 1. The topological polar surface area (TPSA) is 87.6 Å². The largest absolute Gasteiger partial charge is 0.480 e. The van der Waals surface area contributed by atoms with Crippen molar-refractivity contribution >= 4 is 34.6 Å². The van der Waals surface area contributed by atoms with Gasteiger partial charge in [-0.1, -0.05) is 36.4 Å². The maximum atomic E-state index is 12.6. The van der Waals surface area contributed by atoms with Gasteiger partial charge in [0, 0.05) is 23.1 Å². The average Bonchev–Trinajstić information content (AvgIpc) is 3.27. The summed E-state index contributed by atoms with van der Waals surface area (Å²) in [7, 11) is 0. The summed E-state index contributed by atoms with van der Waals surface area (Å²) < 4.78 is 0. The molecule has 0 spiro atoms. The van der Waals surface area contributed by atoms with Crippen LogP contribution in [-0.2, 0) is 4.79 Å². The number of allylic oxidation sites excluding steroid dienone is 1. The van der Waals surface area contributed by atoms with Gasteiger partial charge < -0.3 is 10.0 Å². The zero-order chi connectivity index (χ0) is 21.1. The third-order valence-corrected chi connectivity index (χ3v) is 5.24. The second kappa shape index (κ2) is 8.29. The Morgan fingerprint density at radius 1 is 0.967 bits per heavy atom. The minimum atomic E-state index is -0.986. The molecule has 0 aliphatic carbocycles.